The number of benzene rings is 6. The quantitative estimate of drug-likeness (QED) is 0.204. The van der Waals surface area contributed by atoms with E-state index in [1.54, 1.807) is 0 Å². The van der Waals surface area contributed by atoms with Gasteiger partial charge < -0.3 is 0 Å². The fraction of sp³-hybridized carbons (Fsp3) is 0. The van der Waals surface area contributed by atoms with Gasteiger partial charge in [0.05, 0.1) is 0 Å². The van der Waals surface area contributed by atoms with Crippen molar-refractivity contribution in [2.75, 3.05) is 0 Å². The van der Waals surface area contributed by atoms with Crippen LogP contribution < -0.4 is 21.7 Å². The standard InChI is InChI=1S/C36H29BrTe/c37-30-26-28-36(29-27-30)38(31-16-6-1-7-17-31,32-18-8-2-9-19-32,33-20-10-3-11-21-33,34-22-12-4-13-23-34)35-24-14-5-15-25-35/h1-29H. The van der Waals surface area contributed by atoms with Gasteiger partial charge in [-0.25, -0.2) is 0 Å². The molecule has 0 aliphatic heterocycles. The Morgan fingerprint density at radius 3 is 0.711 bits per heavy atom. The summed E-state index contributed by atoms with van der Waals surface area (Å²) in [6, 6.07) is 65.5. The predicted octanol–water partition coefficient (Wildman–Crippen LogP) is 5.55. The van der Waals surface area contributed by atoms with Crippen LogP contribution in [0.2, 0.25) is 0 Å². The molecule has 0 aliphatic rings. The second-order valence-corrected chi connectivity index (χ2v) is 27.3. The first-order chi connectivity index (χ1) is 18.7. The van der Waals surface area contributed by atoms with E-state index in [2.05, 4.69) is 192 Å². The first kappa shape index (κ1) is 24.9. The third-order valence-electron chi connectivity index (χ3n) is 8.07. The van der Waals surface area contributed by atoms with Gasteiger partial charge in [-0.05, 0) is 0 Å². The monoisotopic (exact) mass is 670 g/mol. The van der Waals surface area contributed by atoms with E-state index in [1.807, 2.05) is 0 Å². The average Bonchev–Trinajstić information content (AvgIpc) is 3.02. The predicted molar refractivity (Wildman–Crippen MR) is 170 cm³/mol. The van der Waals surface area contributed by atoms with Crippen LogP contribution in [-0.2, 0) is 0 Å². The Kier molecular flexibility index (Phi) is 6.16. The second-order valence-electron chi connectivity index (χ2n) is 9.55. The number of hydrogen-bond donors (Lipinski definition) is 0. The SMILES string of the molecule is Brc1ccc([Te](c2ccccc2)(c2ccccc2)(c2ccccc2)(c2ccccc2)c2ccccc2)cc1. The van der Waals surface area contributed by atoms with Crippen molar-refractivity contribution in [3.05, 3.63) is 180 Å². The van der Waals surface area contributed by atoms with Crippen LogP contribution in [0, 0.1) is 0 Å². The molecule has 186 valence electrons. The van der Waals surface area contributed by atoms with Crippen LogP contribution in [0.15, 0.2) is 180 Å². The van der Waals surface area contributed by atoms with Crippen molar-refractivity contribution in [1.82, 2.24) is 0 Å². The van der Waals surface area contributed by atoms with Crippen LogP contribution in [0.25, 0.3) is 0 Å². The van der Waals surface area contributed by atoms with E-state index in [1.165, 1.54) is 21.7 Å². The van der Waals surface area contributed by atoms with E-state index < -0.39 is 15.4 Å². The molecule has 0 aromatic heterocycles. The van der Waals surface area contributed by atoms with E-state index in [0.29, 0.717) is 0 Å². The van der Waals surface area contributed by atoms with E-state index in [-0.39, 0.29) is 0 Å². The minimum absolute atomic E-state index is 1.07. The summed E-state index contributed by atoms with van der Waals surface area (Å²) < 4.78 is 9.09. The Labute approximate surface area is 232 Å². The summed E-state index contributed by atoms with van der Waals surface area (Å²) >= 11 is -1.88. The molecule has 0 amide bonds. The number of halogens is 1. The van der Waals surface area contributed by atoms with Gasteiger partial charge in [0.2, 0.25) is 0 Å². The molecule has 0 radical (unpaired) electrons. The summed E-state index contributed by atoms with van der Waals surface area (Å²) in [5.41, 5.74) is 0. The molecule has 0 heterocycles. The molecule has 6 rings (SSSR count). The van der Waals surface area contributed by atoms with Crippen molar-refractivity contribution in [1.29, 1.82) is 0 Å². The van der Waals surface area contributed by atoms with Gasteiger partial charge in [0, 0.05) is 0 Å². The average molecular weight is 669 g/mol. The van der Waals surface area contributed by atoms with Crippen molar-refractivity contribution in [2.24, 2.45) is 0 Å². The molecule has 6 aromatic rings. The fourth-order valence-corrected chi connectivity index (χ4v) is 32.8. The van der Waals surface area contributed by atoms with Crippen LogP contribution in [0.4, 0.5) is 0 Å². The van der Waals surface area contributed by atoms with Crippen LogP contribution >= 0.6 is 15.9 Å². The zero-order valence-corrected chi connectivity index (χ0v) is 24.9. The zero-order valence-electron chi connectivity index (χ0n) is 21.0. The fourth-order valence-electron chi connectivity index (χ4n) is 6.62. The molecular formula is C36H29BrTe. The molecule has 0 fully saturated rings. The van der Waals surface area contributed by atoms with Gasteiger partial charge in [0.15, 0.2) is 0 Å². The Morgan fingerprint density at radius 1 is 0.263 bits per heavy atom. The minimum atomic E-state index is -5.63. The van der Waals surface area contributed by atoms with Gasteiger partial charge in [0.25, 0.3) is 0 Å². The number of rotatable bonds is 6. The third kappa shape index (κ3) is 2.86. The summed E-state index contributed by atoms with van der Waals surface area (Å²) in [6.07, 6.45) is 0. The van der Waals surface area contributed by atoms with E-state index >= 15 is 0 Å². The first-order valence-electron chi connectivity index (χ1n) is 12.8. The van der Waals surface area contributed by atoms with Gasteiger partial charge in [-0.15, -0.1) is 0 Å². The molecule has 38 heavy (non-hydrogen) atoms. The molecule has 0 spiro atoms. The maximum absolute atomic E-state index is 5.63. The molecule has 0 nitrogen and oxygen atoms in total. The summed E-state index contributed by atoms with van der Waals surface area (Å²) in [7, 11) is 0. The van der Waals surface area contributed by atoms with E-state index in [4.69, 9.17) is 0 Å². The van der Waals surface area contributed by atoms with Crippen LogP contribution in [-0.4, -0.2) is 15.4 Å². The molecule has 6 aromatic carbocycles. The Bertz CT molecular complexity index is 1410. The summed E-state index contributed by atoms with van der Waals surface area (Å²) in [5, 5.41) is 0. The maximum atomic E-state index is 3.75. The topological polar surface area (TPSA) is 0 Å². The van der Waals surface area contributed by atoms with Gasteiger partial charge in [-0.1, -0.05) is 0 Å². The van der Waals surface area contributed by atoms with Crippen LogP contribution in [0.1, 0.15) is 0 Å². The van der Waals surface area contributed by atoms with Crippen molar-refractivity contribution < 1.29 is 0 Å². The molecule has 0 atom stereocenters. The molecule has 0 bridgehead atoms. The molecule has 0 aliphatic carbocycles. The normalized spacial score (nSPS) is 13.3. The van der Waals surface area contributed by atoms with Crippen molar-refractivity contribution in [3.8, 4) is 0 Å². The van der Waals surface area contributed by atoms with Crippen LogP contribution in [0.5, 0.6) is 0 Å². The van der Waals surface area contributed by atoms with Gasteiger partial charge in [0.1, 0.15) is 0 Å². The third-order valence-corrected chi connectivity index (χ3v) is 33.4. The summed E-state index contributed by atoms with van der Waals surface area (Å²) in [5.74, 6) is 0. The Balaban J connectivity index is 2.15. The first-order valence-corrected chi connectivity index (χ1v) is 20.6. The van der Waals surface area contributed by atoms with Crippen molar-refractivity contribution in [3.63, 3.8) is 0 Å². The molecule has 2 heteroatoms. The van der Waals surface area contributed by atoms with E-state index in [9.17, 15) is 0 Å². The van der Waals surface area contributed by atoms with Crippen LogP contribution in [0.3, 0.4) is 0 Å². The molecular weight excluding hydrogens is 640 g/mol. The summed E-state index contributed by atoms with van der Waals surface area (Å²) in [6.45, 7) is 0. The number of hydrogen-bond acceptors (Lipinski definition) is 0. The molecule has 0 N–H and O–H groups in total. The molecule has 0 unspecified atom stereocenters. The van der Waals surface area contributed by atoms with Gasteiger partial charge in [-0.3, -0.25) is 0 Å². The summed E-state index contributed by atoms with van der Waals surface area (Å²) in [4.78, 5) is 0. The second kappa shape index (κ2) is 9.40. The van der Waals surface area contributed by atoms with E-state index in [0.717, 1.165) is 4.47 Å². The van der Waals surface area contributed by atoms with Gasteiger partial charge in [-0.2, -0.15) is 0 Å². The zero-order chi connectivity index (χ0) is 26.0. The van der Waals surface area contributed by atoms with Gasteiger partial charge >= 0.3 is 233 Å². The van der Waals surface area contributed by atoms with Crippen molar-refractivity contribution in [2.45, 2.75) is 0 Å². The van der Waals surface area contributed by atoms with Crippen molar-refractivity contribution >= 4 is 53.0 Å². The molecule has 0 saturated heterocycles. The Morgan fingerprint density at radius 2 is 0.474 bits per heavy atom. The molecule has 0 saturated carbocycles. The Hall–Kier alpha value is -3.41.